The lowest BCUT2D eigenvalue weighted by molar-refractivity contribution is 0.330. The van der Waals surface area contributed by atoms with Gasteiger partial charge in [0.2, 0.25) is 0 Å². The Morgan fingerprint density at radius 1 is 0.527 bits per heavy atom. The Balaban J connectivity index is 1.21. The monoisotopic (exact) mass is 981 g/mol. The van der Waals surface area contributed by atoms with Crippen LogP contribution in [0, 0.1) is 11.3 Å². The van der Waals surface area contributed by atoms with E-state index in [1.807, 2.05) is 17.4 Å². The van der Waals surface area contributed by atoms with Crippen molar-refractivity contribution in [2.75, 3.05) is 14.7 Å². The molecule has 13 rings (SSSR count). The highest BCUT2D eigenvalue weighted by Gasteiger charge is 2.60. The molecule has 4 heterocycles. The minimum atomic E-state index is -0.241. The fourth-order valence-corrected chi connectivity index (χ4v) is 14.7. The van der Waals surface area contributed by atoms with Crippen molar-refractivity contribution < 1.29 is 0 Å². The van der Waals surface area contributed by atoms with E-state index in [9.17, 15) is 5.26 Å². The Bertz CT molecular complexity index is 3860. The fraction of sp³-hybridized carbons (Fsp3) is 0.279. The second-order valence-electron chi connectivity index (χ2n) is 25.3. The quantitative estimate of drug-likeness (QED) is 0.165. The highest BCUT2D eigenvalue weighted by molar-refractivity contribution is 7.26. The van der Waals surface area contributed by atoms with Crippen LogP contribution in [0.5, 0.6) is 0 Å². The molecular formula is C68H65BN4S. The lowest BCUT2D eigenvalue weighted by Gasteiger charge is -2.47. The first kappa shape index (κ1) is 46.7. The molecule has 9 aromatic rings. The van der Waals surface area contributed by atoms with E-state index in [-0.39, 0.29) is 33.9 Å². The molecule has 0 amide bonds. The van der Waals surface area contributed by atoms with Crippen LogP contribution in [0.4, 0.5) is 45.5 Å². The summed E-state index contributed by atoms with van der Waals surface area (Å²) >= 11 is 1.88. The Morgan fingerprint density at radius 2 is 1.09 bits per heavy atom. The van der Waals surface area contributed by atoms with Crippen molar-refractivity contribution in [3.05, 3.63) is 186 Å². The zero-order valence-corrected chi connectivity index (χ0v) is 45.7. The van der Waals surface area contributed by atoms with E-state index < -0.39 is 0 Å². The summed E-state index contributed by atoms with van der Waals surface area (Å²) in [4.78, 5) is 8.01. The molecule has 4 nitrogen and oxygen atoms in total. The molecular weight excluding hydrogens is 916 g/mol. The van der Waals surface area contributed by atoms with Gasteiger partial charge in [-0.25, -0.2) is 0 Å². The van der Waals surface area contributed by atoms with Gasteiger partial charge < -0.3 is 14.7 Å². The molecule has 1 fully saturated rings. The van der Waals surface area contributed by atoms with E-state index in [0.717, 1.165) is 30.5 Å². The van der Waals surface area contributed by atoms with Crippen LogP contribution in [0.25, 0.3) is 31.3 Å². The van der Waals surface area contributed by atoms with E-state index in [2.05, 4.69) is 249 Å². The summed E-state index contributed by atoms with van der Waals surface area (Å²) in [5.74, 6) is 0. The molecule has 1 aliphatic carbocycles. The molecule has 0 radical (unpaired) electrons. The molecule has 0 saturated heterocycles. The Kier molecular flexibility index (Phi) is 10.1. The normalized spacial score (nSPS) is 18.8. The Hall–Kier alpha value is -7.07. The first-order chi connectivity index (χ1) is 35.3. The van der Waals surface area contributed by atoms with Gasteiger partial charge in [0.1, 0.15) is 0 Å². The Morgan fingerprint density at radius 3 is 1.73 bits per heavy atom. The molecule has 1 aromatic heterocycles. The molecule has 4 aliphatic rings. The molecule has 74 heavy (non-hydrogen) atoms. The molecule has 2 unspecified atom stereocenters. The van der Waals surface area contributed by atoms with Gasteiger partial charge in [-0.05, 0) is 153 Å². The van der Waals surface area contributed by atoms with E-state index >= 15 is 0 Å². The maximum absolute atomic E-state index is 10.3. The van der Waals surface area contributed by atoms with Crippen LogP contribution in [0.1, 0.15) is 123 Å². The average Bonchev–Trinajstić information content (AvgIpc) is 4.02. The van der Waals surface area contributed by atoms with E-state index in [1.165, 1.54) is 110 Å². The minimum Gasteiger partial charge on any atom is -0.334 e. The number of rotatable bonds is 4. The van der Waals surface area contributed by atoms with Gasteiger partial charge in [0, 0.05) is 65.3 Å². The van der Waals surface area contributed by atoms with Gasteiger partial charge in [-0.3, -0.25) is 0 Å². The molecule has 8 aromatic carbocycles. The fourth-order valence-electron chi connectivity index (χ4n) is 13.6. The Labute approximate surface area is 443 Å². The molecule has 6 heteroatoms. The average molecular weight is 981 g/mol. The summed E-state index contributed by atoms with van der Waals surface area (Å²) in [7, 11) is 0. The number of nitrogens with zero attached hydrogens (tertiary/aromatic N) is 4. The molecule has 3 aliphatic heterocycles. The lowest BCUT2D eigenvalue weighted by atomic mass is 9.33. The number of hydrogen-bond donors (Lipinski definition) is 0. The largest absolute Gasteiger partial charge is 0.334 e. The standard InChI is InChI=1S/C68H65BN4S/c1-64(2,3)44-26-30-53(49(36-44)43-19-13-12-14-20-43)71-55-31-27-45(65(4,5)6)37-51(55)69-52-38-46(66(7,8)9)28-32-56(52)72(57-22-17-24-61-62(57)48-21-15-16-23-60(48)74-61)59-40-47(39-58(71)63(59)69)73-54-29-25-42(41-70)35-50(54)67(10)33-18-34-68(67,73)11/h12-17,19-32,35-40H,18,33-34H2,1-11H3. The van der Waals surface area contributed by atoms with Gasteiger partial charge in [0.25, 0.3) is 6.71 Å². The zero-order chi connectivity index (χ0) is 51.4. The smallest absolute Gasteiger partial charge is 0.252 e. The number of benzene rings is 8. The first-order valence-electron chi connectivity index (χ1n) is 26.8. The number of hydrogen-bond acceptors (Lipinski definition) is 5. The number of anilines is 8. The van der Waals surface area contributed by atoms with E-state index in [0.29, 0.717) is 0 Å². The van der Waals surface area contributed by atoms with Crippen LogP contribution in [-0.4, -0.2) is 12.3 Å². The summed E-state index contributed by atoms with van der Waals surface area (Å²) in [5.41, 5.74) is 21.3. The SMILES string of the molecule is CC(C)(C)c1ccc2c(c1)B1c3cc(C(C)(C)C)ccc3N(c3cccc4sc5ccccc5c34)c3cc(N4c5ccc(C#N)cc5C5(C)CCCC45C)cc(c31)N2c1ccc(C(C)(C)C)cc1-c1ccccc1. The summed E-state index contributed by atoms with van der Waals surface area (Å²) in [5, 5.41) is 12.9. The molecule has 366 valence electrons. The maximum atomic E-state index is 10.3. The van der Waals surface area contributed by atoms with Crippen LogP contribution in [0.15, 0.2) is 158 Å². The third-order valence-electron chi connectivity index (χ3n) is 17.8. The van der Waals surface area contributed by atoms with Crippen molar-refractivity contribution in [3.63, 3.8) is 0 Å². The van der Waals surface area contributed by atoms with Gasteiger partial charge >= 0.3 is 0 Å². The zero-order valence-electron chi connectivity index (χ0n) is 44.9. The summed E-state index contributed by atoms with van der Waals surface area (Å²) < 4.78 is 2.58. The second kappa shape index (κ2) is 16.0. The van der Waals surface area contributed by atoms with Crippen molar-refractivity contribution in [1.82, 2.24) is 0 Å². The molecule has 2 atom stereocenters. The van der Waals surface area contributed by atoms with Gasteiger partial charge in [0.15, 0.2) is 0 Å². The molecule has 0 N–H and O–H groups in total. The lowest BCUT2D eigenvalue weighted by Crippen LogP contribution is -2.62. The van der Waals surface area contributed by atoms with Crippen molar-refractivity contribution in [3.8, 4) is 17.2 Å². The van der Waals surface area contributed by atoms with Crippen LogP contribution in [0.2, 0.25) is 0 Å². The third kappa shape index (κ3) is 6.71. The first-order valence-corrected chi connectivity index (χ1v) is 27.6. The number of thiophene rings is 1. The van der Waals surface area contributed by atoms with Gasteiger partial charge in [-0.1, -0.05) is 161 Å². The third-order valence-corrected chi connectivity index (χ3v) is 19.0. The predicted molar refractivity (Wildman–Crippen MR) is 318 cm³/mol. The van der Waals surface area contributed by atoms with E-state index in [1.54, 1.807) is 0 Å². The topological polar surface area (TPSA) is 33.5 Å². The summed E-state index contributed by atoms with van der Waals surface area (Å²) in [6.07, 6.45) is 3.24. The van der Waals surface area contributed by atoms with Crippen molar-refractivity contribution in [2.45, 2.75) is 123 Å². The van der Waals surface area contributed by atoms with Gasteiger partial charge in [-0.15, -0.1) is 11.3 Å². The van der Waals surface area contributed by atoms with Crippen LogP contribution in [-0.2, 0) is 21.7 Å². The summed E-state index contributed by atoms with van der Waals surface area (Å²) in [6.45, 7) is 26.0. The molecule has 0 bridgehead atoms. The van der Waals surface area contributed by atoms with Crippen LogP contribution >= 0.6 is 11.3 Å². The van der Waals surface area contributed by atoms with Gasteiger partial charge in [-0.2, -0.15) is 5.26 Å². The predicted octanol–water partition coefficient (Wildman–Crippen LogP) is 16.9. The van der Waals surface area contributed by atoms with Crippen LogP contribution < -0.4 is 31.1 Å². The van der Waals surface area contributed by atoms with Crippen LogP contribution in [0.3, 0.4) is 0 Å². The number of nitriles is 1. The van der Waals surface area contributed by atoms with Crippen molar-refractivity contribution in [1.29, 1.82) is 5.26 Å². The van der Waals surface area contributed by atoms with E-state index in [4.69, 9.17) is 0 Å². The highest BCUT2D eigenvalue weighted by atomic mass is 32.1. The number of fused-ring (bicyclic) bond motifs is 10. The highest BCUT2D eigenvalue weighted by Crippen LogP contribution is 2.63. The summed E-state index contributed by atoms with van der Waals surface area (Å²) in [6, 6.07) is 63.1. The van der Waals surface area contributed by atoms with Crippen molar-refractivity contribution >= 4 is 100 Å². The molecule has 1 saturated carbocycles. The molecule has 0 spiro atoms. The second-order valence-corrected chi connectivity index (χ2v) is 26.4. The maximum Gasteiger partial charge on any atom is 0.252 e. The van der Waals surface area contributed by atoms with Gasteiger partial charge in [0.05, 0.1) is 28.5 Å². The minimum absolute atomic E-state index is 0.0621. The van der Waals surface area contributed by atoms with Crippen molar-refractivity contribution in [2.24, 2.45) is 0 Å².